The molecule has 160 valence electrons. The Hall–Kier alpha value is -3.52. The van der Waals surface area contributed by atoms with Gasteiger partial charge >= 0.3 is 0 Å². The first-order valence-corrected chi connectivity index (χ1v) is 11.5. The first-order chi connectivity index (χ1) is 15.7. The van der Waals surface area contributed by atoms with E-state index in [0.717, 1.165) is 13.1 Å². The van der Waals surface area contributed by atoms with Gasteiger partial charge in [-0.25, -0.2) is 0 Å². The van der Waals surface area contributed by atoms with Gasteiger partial charge in [-0.2, -0.15) is 0 Å². The van der Waals surface area contributed by atoms with Crippen molar-refractivity contribution in [3.8, 4) is 0 Å². The van der Waals surface area contributed by atoms with Crippen molar-refractivity contribution in [3.05, 3.63) is 131 Å². The van der Waals surface area contributed by atoms with Gasteiger partial charge in [0, 0.05) is 24.5 Å². The van der Waals surface area contributed by atoms with Crippen LogP contribution in [-0.2, 0) is 0 Å². The summed E-state index contributed by atoms with van der Waals surface area (Å²) in [5.41, 5.74) is 7.89. The van der Waals surface area contributed by atoms with Crippen LogP contribution in [0.15, 0.2) is 109 Å². The highest BCUT2D eigenvalue weighted by Gasteiger charge is 2.35. The molecule has 0 spiro atoms. The maximum absolute atomic E-state index is 2.59. The zero-order valence-electron chi connectivity index (χ0n) is 18.9. The number of hydrogen-bond acceptors (Lipinski definition) is 2. The van der Waals surface area contributed by atoms with Gasteiger partial charge in [0.1, 0.15) is 0 Å². The van der Waals surface area contributed by atoms with Gasteiger partial charge in [-0.1, -0.05) is 96.1 Å². The number of rotatable bonds is 4. The number of piperazine rings is 1. The molecule has 2 heteroatoms. The second kappa shape index (κ2) is 8.92. The third-order valence-electron chi connectivity index (χ3n) is 6.59. The Morgan fingerprint density at radius 3 is 1.16 bits per heavy atom. The number of hydrogen-bond donors (Lipinski definition) is 0. The Balaban J connectivity index is 1.61. The van der Waals surface area contributed by atoms with Crippen molar-refractivity contribution in [3.63, 3.8) is 0 Å². The minimum Gasteiger partial charge on any atom is -0.360 e. The van der Waals surface area contributed by atoms with Crippen LogP contribution in [0.3, 0.4) is 0 Å². The molecule has 1 heterocycles. The number of anilines is 2. The van der Waals surface area contributed by atoms with Gasteiger partial charge in [0.15, 0.2) is 0 Å². The summed E-state index contributed by atoms with van der Waals surface area (Å²) in [7, 11) is 0. The third kappa shape index (κ3) is 4.13. The van der Waals surface area contributed by atoms with E-state index in [1.807, 2.05) is 0 Å². The molecule has 4 aromatic carbocycles. The molecular formula is C30H30N2. The van der Waals surface area contributed by atoms with E-state index in [1.54, 1.807) is 0 Å². The summed E-state index contributed by atoms with van der Waals surface area (Å²) in [4.78, 5) is 5.18. The second-order valence-corrected chi connectivity index (χ2v) is 8.83. The Labute approximate surface area is 191 Å². The van der Waals surface area contributed by atoms with Gasteiger partial charge in [-0.3, -0.25) is 0 Å². The van der Waals surface area contributed by atoms with Gasteiger partial charge < -0.3 is 9.80 Å². The maximum atomic E-state index is 2.59. The fourth-order valence-corrected chi connectivity index (χ4v) is 4.78. The lowest BCUT2D eigenvalue weighted by Crippen LogP contribution is -2.50. The van der Waals surface area contributed by atoms with E-state index in [2.05, 4.69) is 133 Å². The monoisotopic (exact) mass is 418 g/mol. The molecule has 0 N–H and O–H groups in total. The molecule has 0 radical (unpaired) electrons. The van der Waals surface area contributed by atoms with Crippen molar-refractivity contribution in [1.29, 1.82) is 0 Å². The lowest BCUT2D eigenvalue weighted by molar-refractivity contribution is 0.462. The Kier molecular flexibility index (Phi) is 5.68. The molecule has 2 nitrogen and oxygen atoms in total. The lowest BCUT2D eigenvalue weighted by atomic mass is 9.93. The number of aryl methyl sites for hydroxylation is 2. The highest BCUT2D eigenvalue weighted by Crippen LogP contribution is 2.40. The highest BCUT2D eigenvalue weighted by atomic mass is 15.3. The molecule has 32 heavy (non-hydrogen) atoms. The van der Waals surface area contributed by atoms with Crippen molar-refractivity contribution >= 4 is 11.4 Å². The van der Waals surface area contributed by atoms with E-state index in [1.165, 1.54) is 33.6 Å². The fraction of sp³-hybridized carbons (Fsp3) is 0.200. The van der Waals surface area contributed by atoms with E-state index >= 15 is 0 Å². The topological polar surface area (TPSA) is 6.48 Å². The van der Waals surface area contributed by atoms with Gasteiger partial charge in [-0.15, -0.1) is 0 Å². The van der Waals surface area contributed by atoms with Crippen LogP contribution in [0.4, 0.5) is 11.4 Å². The van der Waals surface area contributed by atoms with Crippen molar-refractivity contribution in [2.75, 3.05) is 22.9 Å². The predicted octanol–water partition coefficient (Wildman–Crippen LogP) is 7.11. The SMILES string of the molecule is Cc1ccc(C2CN(c3ccccc3)C(c3ccc(C)cc3)CN2c2ccccc2)cc1. The molecule has 1 saturated heterocycles. The van der Waals surface area contributed by atoms with Crippen molar-refractivity contribution in [2.24, 2.45) is 0 Å². The number of para-hydroxylation sites is 2. The molecule has 1 aliphatic rings. The number of benzene rings is 4. The molecule has 0 aromatic heterocycles. The summed E-state index contributed by atoms with van der Waals surface area (Å²) in [6.07, 6.45) is 0. The molecule has 1 aliphatic heterocycles. The summed E-state index contributed by atoms with van der Waals surface area (Å²) in [5, 5.41) is 0. The maximum Gasteiger partial charge on any atom is 0.0718 e. The Bertz CT molecular complexity index is 1040. The first-order valence-electron chi connectivity index (χ1n) is 11.5. The van der Waals surface area contributed by atoms with Crippen LogP contribution in [0.25, 0.3) is 0 Å². The standard InChI is InChI=1S/C30H30N2/c1-23-13-17-25(18-14-23)29-21-32(28-11-7-4-8-12-28)30(26-19-15-24(2)16-20-26)22-31(29)27-9-5-3-6-10-27/h3-20,29-30H,21-22H2,1-2H3. The average Bonchev–Trinajstić information content (AvgIpc) is 2.85. The zero-order chi connectivity index (χ0) is 21.9. The molecule has 4 aromatic rings. The van der Waals surface area contributed by atoms with Gasteiger partial charge in [0.05, 0.1) is 12.1 Å². The highest BCUT2D eigenvalue weighted by molar-refractivity contribution is 5.57. The zero-order valence-corrected chi connectivity index (χ0v) is 18.9. The molecule has 5 rings (SSSR count). The van der Waals surface area contributed by atoms with E-state index in [4.69, 9.17) is 0 Å². The Morgan fingerprint density at radius 2 is 0.812 bits per heavy atom. The lowest BCUT2D eigenvalue weighted by Gasteiger charge is -2.49. The Morgan fingerprint density at radius 1 is 0.469 bits per heavy atom. The van der Waals surface area contributed by atoms with Crippen LogP contribution < -0.4 is 9.80 Å². The summed E-state index contributed by atoms with van der Waals surface area (Å²) in [6.45, 7) is 6.17. The summed E-state index contributed by atoms with van der Waals surface area (Å²) in [6, 6.07) is 40.4. The second-order valence-electron chi connectivity index (χ2n) is 8.83. The molecule has 0 amide bonds. The van der Waals surface area contributed by atoms with E-state index < -0.39 is 0 Å². The van der Waals surface area contributed by atoms with Crippen LogP contribution in [0.1, 0.15) is 34.3 Å². The number of nitrogens with zero attached hydrogens (tertiary/aromatic N) is 2. The minimum absolute atomic E-state index is 0.278. The normalized spacial score (nSPS) is 18.6. The molecule has 0 aliphatic carbocycles. The van der Waals surface area contributed by atoms with E-state index in [-0.39, 0.29) is 12.1 Å². The van der Waals surface area contributed by atoms with Gasteiger partial charge in [-0.05, 0) is 49.2 Å². The van der Waals surface area contributed by atoms with Crippen LogP contribution >= 0.6 is 0 Å². The molecule has 1 fully saturated rings. The van der Waals surface area contributed by atoms with E-state index in [9.17, 15) is 0 Å². The molecule has 0 saturated carbocycles. The van der Waals surface area contributed by atoms with Crippen molar-refractivity contribution in [1.82, 2.24) is 0 Å². The average molecular weight is 419 g/mol. The van der Waals surface area contributed by atoms with Gasteiger partial charge in [0.2, 0.25) is 0 Å². The van der Waals surface area contributed by atoms with Crippen molar-refractivity contribution in [2.45, 2.75) is 25.9 Å². The summed E-state index contributed by atoms with van der Waals surface area (Å²) < 4.78 is 0. The summed E-state index contributed by atoms with van der Waals surface area (Å²) in [5.74, 6) is 0. The molecule has 2 unspecified atom stereocenters. The van der Waals surface area contributed by atoms with Gasteiger partial charge in [0.25, 0.3) is 0 Å². The van der Waals surface area contributed by atoms with Crippen LogP contribution in [0, 0.1) is 13.8 Å². The van der Waals surface area contributed by atoms with E-state index in [0.29, 0.717) is 0 Å². The quantitative estimate of drug-likeness (QED) is 0.348. The summed E-state index contributed by atoms with van der Waals surface area (Å²) >= 11 is 0. The predicted molar refractivity (Wildman–Crippen MR) is 135 cm³/mol. The third-order valence-corrected chi connectivity index (χ3v) is 6.59. The van der Waals surface area contributed by atoms with Crippen LogP contribution in [0.5, 0.6) is 0 Å². The van der Waals surface area contributed by atoms with Crippen LogP contribution in [0.2, 0.25) is 0 Å². The minimum atomic E-state index is 0.278. The molecule has 0 bridgehead atoms. The smallest absolute Gasteiger partial charge is 0.0718 e. The first kappa shape index (κ1) is 20.4. The van der Waals surface area contributed by atoms with Crippen LogP contribution in [-0.4, -0.2) is 13.1 Å². The van der Waals surface area contributed by atoms with Crippen molar-refractivity contribution < 1.29 is 0 Å². The largest absolute Gasteiger partial charge is 0.360 e. The fourth-order valence-electron chi connectivity index (χ4n) is 4.78. The molecule has 2 atom stereocenters. The molecular weight excluding hydrogens is 388 g/mol.